The second-order valence-corrected chi connectivity index (χ2v) is 4.61. The third kappa shape index (κ3) is 2.56. The van der Waals surface area contributed by atoms with E-state index in [0.717, 1.165) is 25.7 Å². The maximum absolute atomic E-state index is 9.93. The molecule has 16 heavy (non-hydrogen) atoms. The van der Waals surface area contributed by atoms with Gasteiger partial charge in [0.05, 0.1) is 12.1 Å². The monoisotopic (exact) mass is 219 g/mol. The van der Waals surface area contributed by atoms with Crippen LogP contribution in [-0.2, 0) is 6.42 Å². The summed E-state index contributed by atoms with van der Waals surface area (Å²) in [5, 5.41) is 13.4. The summed E-state index contributed by atoms with van der Waals surface area (Å²) >= 11 is 0. The Balaban J connectivity index is 2.07. The summed E-state index contributed by atoms with van der Waals surface area (Å²) in [6.45, 7) is 2.16. The van der Waals surface area contributed by atoms with E-state index in [9.17, 15) is 5.11 Å². The Morgan fingerprint density at radius 1 is 1.25 bits per heavy atom. The molecule has 0 unspecified atom stereocenters. The third-order valence-corrected chi connectivity index (χ3v) is 3.47. The predicted octanol–water partition coefficient (Wildman–Crippen LogP) is 2.96. The SMILES string of the molecule is CCc1ccccc1N[C@H]1CCCC[C@@H]1O. The highest BCUT2D eigenvalue weighted by Crippen LogP contribution is 2.24. The molecule has 0 radical (unpaired) electrons. The van der Waals surface area contributed by atoms with Crippen molar-refractivity contribution in [1.29, 1.82) is 0 Å². The van der Waals surface area contributed by atoms with E-state index in [0.29, 0.717) is 0 Å². The number of rotatable bonds is 3. The normalized spacial score (nSPS) is 25.4. The first-order valence-electron chi connectivity index (χ1n) is 6.33. The van der Waals surface area contributed by atoms with Crippen LogP contribution in [0.4, 0.5) is 5.69 Å². The highest BCUT2D eigenvalue weighted by atomic mass is 16.3. The Bertz CT molecular complexity index is 337. The molecule has 2 N–H and O–H groups in total. The van der Waals surface area contributed by atoms with Gasteiger partial charge < -0.3 is 10.4 Å². The molecule has 0 aromatic heterocycles. The van der Waals surface area contributed by atoms with Crippen LogP contribution in [0.15, 0.2) is 24.3 Å². The van der Waals surface area contributed by atoms with Gasteiger partial charge >= 0.3 is 0 Å². The van der Waals surface area contributed by atoms with Gasteiger partial charge in [0.15, 0.2) is 0 Å². The highest BCUT2D eigenvalue weighted by Gasteiger charge is 2.22. The smallest absolute Gasteiger partial charge is 0.0741 e. The first-order chi connectivity index (χ1) is 7.81. The van der Waals surface area contributed by atoms with Crippen LogP contribution in [0.25, 0.3) is 0 Å². The average Bonchev–Trinajstić information content (AvgIpc) is 2.33. The van der Waals surface area contributed by atoms with E-state index in [4.69, 9.17) is 0 Å². The van der Waals surface area contributed by atoms with Crippen LogP contribution in [-0.4, -0.2) is 17.3 Å². The molecule has 0 amide bonds. The van der Waals surface area contributed by atoms with Gasteiger partial charge in [-0.2, -0.15) is 0 Å². The van der Waals surface area contributed by atoms with E-state index in [1.165, 1.54) is 17.7 Å². The first-order valence-corrected chi connectivity index (χ1v) is 6.33. The van der Waals surface area contributed by atoms with E-state index in [2.05, 4.69) is 36.5 Å². The maximum Gasteiger partial charge on any atom is 0.0741 e. The summed E-state index contributed by atoms with van der Waals surface area (Å²) in [5.41, 5.74) is 2.52. The molecular weight excluding hydrogens is 198 g/mol. The largest absolute Gasteiger partial charge is 0.391 e. The number of para-hydroxylation sites is 1. The Morgan fingerprint density at radius 3 is 2.75 bits per heavy atom. The molecule has 0 aliphatic heterocycles. The molecule has 88 valence electrons. The Morgan fingerprint density at radius 2 is 2.00 bits per heavy atom. The van der Waals surface area contributed by atoms with Crippen LogP contribution in [0, 0.1) is 0 Å². The van der Waals surface area contributed by atoms with E-state index < -0.39 is 0 Å². The molecule has 2 rings (SSSR count). The van der Waals surface area contributed by atoms with Gasteiger partial charge in [-0.15, -0.1) is 0 Å². The molecule has 1 aromatic rings. The fourth-order valence-electron chi connectivity index (χ4n) is 2.45. The predicted molar refractivity (Wildman–Crippen MR) is 67.7 cm³/mol. The lowest BCUT2D eigenvalue weighted by molar-refractivity contribution is 0.116. The molecule has 1 aliphatic carbocycles. The fraction of sp³-hybridized carbons (Fsp3) is 0.571. The van der Waals surface area contributed by atoms with Gasteiger partial charge in [-0.3, -0.25) is 0 Å². The van der Waals surface area contributed by atoms with Gasteiger partial charge in [-0.05, 0) is 30.9 Å². The molecule has 2 nitrogen and oxygen atoms in total. The van der Waals surface area contributed by atoms with E-state index in [1.54, 1.807) is 0 Å². The van der Waals surface area contributed by atoms with Crippen LogP contribution in [0.2, 0.25) is 0 Å². The molecule has 1 aromatic carbocycles. The Kier molecular flexibility index (Phi) is 3.83. The summed E-state index contributed by atoms with van der Waals surface area (Å²) < 4.78 is 0. The van der Waals surface area contributed by atoms with Crippen LogP contribution in [0.1, 0.15) is 38.2 Å². The highest BCUT2D eigenvalue weighted by molar-refractivity contribution is 5.52. The average molecular weight is 219 g/mol. The zero-order valence-corrected chi connectivity index (χ0v) is 9.95. The second-order valence-electron chi connectivity index (χ2n) is 4.61. The number of aliphatic hydroxyl groups excluding tert-OH is 1. The lowest BCUT2D eigenvalue weighted by Gasteiger charge is -2.30. The van der Waals surface area contributed by atoms with Crippen molar-refractivity contribution in [3.63, 3.8) is 0 Å². The zero-order chi connectivity index (χ0) is 11.4. The minimum absolute atomic E-state index is 0.182. The van der Waals surface area contributed by atoms with Crippen molar-refractivity contribution < 1.29 is 5.11 Å². The number of aliphatic hydroxyl groups is 1. The van der Waals surface area contributed by atoms with Gasteiger partial charge in [-0.1, -0.05) is 38.0 Å². The van der Waals surface area contributed by atoms with Gasteiger partial charge in [0.1, 0.15) is 0 Å². The second kappa shape index (κ2) is 5.35. The van der Waals surface area contributed by atoms with E-state index in [1.807, 2.05) is 0 Å². The van der Waals surface area contributed by atoms with Gasteiger partial charge in [0, 0.05) is 5.69 Å². The third-order valence-electron chi connectivity index (χ3n) is 3.47. The van der Waals surface area contributed by atoms with Crippen molar-refractivity contribution in [3.8, 4) is 0 Å². The van der Waals surface area contributed by atoms with Crippen LogP contribution < -0.4 is 5.32 Å². The topological polar surface area (TPSA) is 32.3 Å². The van der Waals surface area contributed by atoms with Crippen molar-refractivity contribution in [2.24, 2.45) is 0 Å². The number of benzene rings is 1. The zero-order valence-electron chi connectivity index (χ0n) is 9.95. The molecule has 1 fully saturated rings. The standard InChI is InChI=1S/C14H21NO/c1-2-11-7-3-4-8-12(11)15-13-9-5-6-10-14(13)16/h3-4,7-8,13-16H,2,5-6,9-10H2,1H3/t13-,14-/m0/s1. The van der Waals surface area contributed by atoms with Crippen molar-refractivity contribution in [2.45, 2.75) is 51.2 Å². The Labute approximate surface area is 97.7 Å². The minimum atomic E-state index is -0.182. The maximum atomic E-state index is 9.93. The van der Waals surface area contributed by atoms with E-state index in [-0.39, 0.29) is 12.1 Å². The molecule has 1 saturated carbocycles. The summed E-state index contributed by atoms with van der Waals surface area (Å²) in [6.07, 6.45) is 5.26. The minimum Gasteiger partial charge on any atom is -0.391 e. The summed E-state index contributed by atoms with van der Waals surface area (Å²) in [4.78, 5) is 0. The molecule has 0 spiro atoms. The molecule has 0 saturated heterocycles. The number of aryl methyl sites for hydroxylation is 1. The Hall–Kier alpha value is -1.02. The molecule has 0 bridgehead atoms. The fourth-order valence-corrected chi connectivity index (χ4v) is 2.45. The van der Waals surface area contributed by atoms with Crippen molar-refractivity contribution in [3.05, 3.63) is 29.8 Å². The van der Waals surface area contributed by atoms with Crippen LogP contribution >= 0.6 is 0 Å². The van der Waals surface area contributed by atoms with Crippen LogP contribution in [0.5, 0.6) is 0 Å². The first kappa shape index (κ1) is 11.5. The van der Waals surface area contributed by atoms with Gasteiger partial charge in [0.2, 0.25) is 0 Å². The number of nitrogens with one attached hydrogen (secondary N) is 1. The number of anilines is 1. The summed E-state index contributed by atoms with van der Waals surface area (Å²) in [5.74, 6) is 0. The summed E-state index contributed by atoms with van der Waals surface area (Å²) in [7, 11) is 0. The molecule has 2 atom stereocenters. The quantitative estimate of drug-likeness (QED) is 0.819. The lowest BCUT2D eigenvalue weighted by atomic mass is 9.92. The molecule has 1 aliphatic rings. The molecule has 0 heterocycles. The van der Waals surface area contributed by atoms with Crippen LogP contribution in [0.3, 0.4) is 0 Å². The molecule has 2 heteroatoms. The van der Waals surface area contributed by atoms with Crippen molar-refractivity contribution in [1.82, 2.24) is 0 Å². The summed E-state index contributed by atoms with van der Waals surface area (Å²) in [6, 6.07) is 8.62. The number of hydrogen-bond acceptors (Lipinski definition) is 2. The molecular formula is C14H21NO. The van der Waals surface area contributed by atoms with Crippen molar-refractivity contribution >= 4 is 5.69 Å². The van der Waals surface area contributed by atoms with Crippen molar-refractivity contribution in [2.75, 3.05) is 5.32 Å². The lowest BCUT2D eigenvalue weighted by Crippen LogP contribution is -2.36. The number of hydrogen-bond donors (Lipinski definition) is 2. The van der Waals surface area contributed by atoms with E-state index >= 15 is 0 Å². The van der Waals surface area contributed by atoms with Gasteiger partial charge in [0.25, 0.3) is 0 Å². The van der Waals surface area contributed by atoms with Gasteiger partial charge in [-0.25, -0.2) is 0 Å².